The Bertz CT molecular complexity index is 2220. The number of fused-ring (bicyclic) bond motifs is 2. The van der Waals surface area contributed by atoms with Crippen LogP contribution in [-0.2, 0) is 16.1 Å². The molecular formula is C37H33ClN2O7S. The second kappa shape index (κ2) is 14.4. The van der Waals surface area contributed by atoms with E-state index in [0.29, 0.717) is 61.7 Å². The summed E-state index contributed by atoms with van der Waals surface area (Å²) in [7, 11) is 2.83. The van der Waals surface area contributed by atoms with E-state index >= 15 is 0 Å². The summed E-state index contributed by atoms with van der Waals surface area (Å²) in [4.78, 5) is 31.9. The molecule has 0 bridgehead atoms. The summed E-state index contributed by atoms with van der Waals surface area (Å²) in [6.45, 7) is 4.91. The third kappa shape index (κ3) is 6.54. The summed E-state index contributed by atoms with van der Waals surface area (Å²) >= 11 is 7.92. The van der Waals surface area contributed by atoms with Crippen molar-refractivity contribution in [2.24, 2.45) is 4.99 Å². The molecule has 0 radical (unpaired) electrons. The number of nitrogens with zero attached hydrogens (tertiary/aromatic N) is 2. The molecular weight excluding hydrogens is 652 g/mol. The van der Waals surface area contributed by atoms with E-state index in [0.717, 1.165) is 16.3 Å². The highest BCUT2D eigenvalue weighted by molar-refractivity contribution is 7.07. The third-order valence-electron chi connectivity index (χ3n) is 7.75. The Kier molecular flexibility index (Phi) is 9.84. The molecule has 6 rings (SSSR count). The van der Waals surface area contributed by atoms with Gasteiger partial charge in [-0.25, -0.2) is 9.79 Å². The van der Waals surface area contributed by atoms with E-state index in [2.05, 4.69) is 29.3 Å². The van der Waals surface area contributed by atoms with Crippen molar-refractivity contribution in [3.63, 3.8) is 0 Å². The molecule has 246 valence electrons. The fraction of sp³-hybridized carbons (Fsp3) is 0.216. The lowest BCUT2D eigenvalue weighted by Crippen LogP contribution is -2.39. The lowest BCUT2D eigenvalue weighted by molar-refractivity contribution is -0.136. The molecule has 0 saturated heterocycles. The van der Waals surface area contributed by atoms with E-state index in [1.54, 1.807) is 36.4 Å². The molecule has 1 aliphatic heterocycles. The quantitative estimate of drug-likeness (QED) is 0.153. The van der Waals surface area contributed by atoms with Crippen LogP contribution in [0.15, 0.2) is 94.4 Å². The van der Waals surface area contributed by atoms with Gasteiger partial charge in [0.15, 0.2) is 27.8 Å². The number of carbonyl (C=O) groups excluding carboxylic acids is 1. The van der Waals surface area contributed by atoms with Gasteiger partial charge in [-0.15, -0.1) is 0 Å². The first-order valence-corrected chi connectivity index (χ1v) is 16.5. The normalized spacial score (nSPS) is 14.1. The average Bonchev–Trinajstić information content (AvgIpc) is 3.41. The van der Waals surface area contributed by atoms with E-state index in [4.69, 9.17) is 35.3 Å². The van der Waals surface area contributed by atoms with Crippen LogP contribution in [0, 0.1) is 0 Å². The Labute approximate surface area is 285 Å². The molecule has 1 aromatic heterocycles. The molecule has 4 aromatic carbocycles. The number of benzene rings is 4. The van der Waals surface area contributed by atoms with Gasteiger partial charge < -0.3 is 23.7 Å². The van der Waals surface area contributed by atoms with Crippen molar-refractivity contribution in [2.75, 3.05) is 27.4 Å². The maximum atomic E-state index is 14.1. The zero-order valence-corrected chi connectivity index (χ0v) is 28.4. The molecule has 0 aliphatic carbocycles. The maximum absolute atomic E-state index is 14.1. The Morgan fingerprint density at radius 3 is 2.44 bits per heavy atom. The largest absolute Gasteiger partial charge is 0.493 e. The van der Waals surface area contributed by atoms with Crippen LogP contribution in [0.4, 0.5) is 0 Å². The number of halogens is 1. The van der Waals surface area contributed by atoms with Gasteiger partial charge in [-0.2, -0.15) is 0 Å². The minimum Gasteiger partial charge on any atom is -0.493 e. The molecule has 5 aromatic rings. The van der Waals surface area contributed by atoms with Crippen molar-refractivity contribution >= 4 is 45.8 Å². The highest BCUT2D eigenvalue weighted by atomic mass is 35.5. The number of rotatable bonds is 11. The van der Waals surface area contributed by atoms with Crippen LogP contribution in [0.5, 0.6) is 23.0 Å². The number of thiazole rings is 1. The topological polar surface area (TPSA) is 97.6 Å². The second-order valence-electron chi connectivity index (χ2n) is 10.8. The van der Waals surface area contributed by atoms with E-state index in [-0.39, 0.29) is 17.7 Å². The van der Waals surface area contributed by atoms with Crippen LogP contribution in [0.1, 0.15) is 36.6 Å². The predicted molar refractivity (Wildman–Crippen MR) is 186 cm³/mol. The number of methoxy groups -OCH3 is 2. The SMILES string of the molecule is CCOc1ccc([C@@H]2C(C(=O)OC)=CN=c3s/c(=C\c4cc(Cl)c(OCc5ccc6ccccc6c5)c(OC)c4)c(=O)n32)cc1OCC. The molecule has 48 heavy (non-hydrogen) atoms. The molecule has 11 heteroatoms. The minimum atomic E-state index is -0.810. The fourth-order valence-corrected chi connectivity index (χ4v) is 6.83. The smallest absolute Gasteiger partial charge is 0.337 e. The summed E-state index contributed by atoms with van der Waals surface area (Å²) in [5.41, 5.74) is 2.12. The molecule has 1 aliphatic rings. The van der Waals surface area contributed by atoms with Gasteiger partial charge in [0.25, 0.3) is 5.56 Å². The van der Waals surface area contributed by atoms with Crippen molar-refractivity contribution in [2.45, 2.75) is 26.5 Å². The first-order chi connectivity index (χ1) is 23.3. The van der Waals surface area contributed by atoms with E-state index in [1.165, 1.54) is 36.3 Å². The summed E-state index contributed by atoms with van der Waals surface area (Å²) in [6.07, 6.45) is 3.16. The first-order valence-electron chi connectivity index (χ1n) is 15.3. The van der Waals surface area contributed by atoms with Gasteiger partial charge in [-0.1, -0.05) is 65.4 Å². The molecule has 1 atom stereocenters. The van der Waals surface area contributed by atoms with Gasteiger partial charge in [-0.3, -0.25) is 9.36 Å². The van der Waals surface area contributed by atoms with Crippen molar-refractivity contribution in [1.82, 2.24) is 4.57 Å². The van der Waals surface area contributed by atoms with Crippen LogP contribution in [0.2, 0.25) is 5.02 Å². The zero-order valence-electron chi connectivity index (χ0n) is 26.8. The van der Waals surface area contributed by atoms with Gasteiger partial charge in [0, 0.05) is 6.20 Å². The van der Waals surface area contributed by atoms with Gasteiger partial charge in [0.1, 0.15) is 6.61 Å². The molecule has 9 nitrogen and oxygen atoms in total. The molecule has 0 unspecified atom stereocenters. The van der Waals surface area contributed by atoms with Crippen LogP contribution in [0.25, 0.3) is 16.8 Å². The second-order valence-corrected chi connectivity index (χ2v) is 12.2. The van der Waals surface area contributed by atoms with Gasteiger partial charge >= 0.3 is 5.97 Å². The Morgan fingerprint density at radius 1 is 0.917 bits per heavy atom. The summed E-state index contributed by atoms with van der Waals surface area (Å²) in [5.74, 6) is 1.29. The lowest BCUT2D eigenvalue weighted by Gasteiger charge is -2.23. The Balaban J connectivity index is 1.36. The van der Waals surface area contributed by atoms with E-state index in [1.807, 2.05) is 32.0 Å². The Morgan fingerprint density at radius 2 is 1.69 bits per heavy atom. The zero-order chi connectivity index (χ0) is 33.8. The maximum Gasteiger partial charge on any atom is 0.337 e. The number of carbonyl (C=O) groups is 1. The standard InChI is InChI=1S/C37H33ClN2O7S/c1-5-45-29-14-13-26(19-30(29)46-6-2)33-27(36(42)44-4)20-39-37-40(33)35(41)32(48-37)18-23-16-28(38)34(31(17-23)43-3)47-21-22-11-12-24-9-7-8-10-25(24)15-22/h7-20,33H,5-6,21H2,1-4H3/b32-18-/t33-/m1/s1. The molecule has 0 spiro atoms. The molecule has 0 saturated carbocycles. The number of aromatic nitrogens is 1. The average molecular weight is 685 g/mol. The molecule has 0 fully saturated rings. The number of esters is 1. The van der Waals surface area contributed by atoms with Crippen molar-refractivity contribution < 1.29 is 28.5 Å². The lowest BCUT2D eigenvalue weighted by atomic mass is 9.97. The van der Waals surface area contributed by atoms with Gasteiger partial charge in [-0.05, 0) is 77.7 Å². The van der Waals surface area contributed by atoms with E-state index < -0.39 is 12.0 Å². The van der Waals surface area contributed by atoms with Crippen molar-refractivity contribution in [3.8, 4) is 23.0 Å². The van der Waals surface area contributed by atoms with Crippen molar-refractivity contribution in [3.05, 3.63) is 126 Å². The third-order valence-corrected chi connectivity index (χ3v) is 9.03. The fourth-order valence-electron chi connectivity index (χ4n) is 5.59. The monoisotopic (exact) mass is 684 g/mol. The molecule has 2 heterocycles. The molecule has 0 N–H and O–H groups in total. The minimum absolute atomic E-state index is 0.209. The number of hydrogen-bond acceptors (Lipinski definition) is 9. The van der Waals surface area contributed by atoms with Crippen LogP contribution >= 0.6 is 22.9 Å². The van der Waals surface area contributed by atoms with Crippen LogP contribution in [-0.4, -0.2) is 38.0 Å². The highest BCUT2D eigenvalue weighted by Gasteiger charge is 2.31. The summed E-state index contributed by atoms with van der Waals surface area (Å²) in [6, 6.07) is 22.3. The summed E-state index contributed by atoms with van der Waals surface area (Å²) < 4.78 is 30.3. The predicted octanol–water partition coefficient (Wildman–Crippen LogP) is 6.21. The first kappa shape index (κ1) is 32.9. The highest BCUT2D eigenvalue weighted by Crippen LogP contribution is 2.38. The van der Waals surface area contributed by atoms with Gasteiger partial charge in [0.2, 0.25) is 0 Å². The number of ether oxygens (including phenoxy) is 5. The van der Waals surface area contributed by atoms with Crippen LogP contribution in [0.3, 0.4) is 0 Å². The summed E-state index contributed by atoms with van der Waals surface area (Å²) in [5, 5.41) is 2.60. The van der Waals surface area contributed by atoms with Crippen molar-refractivity contribution in [1.29, 1.82) is 0 Å². The Hall–Kier alpha value is -5.06. The number of hydrogen-bond donors (Lipinski definition) is 0. The van der Waals surface area contributed by atoms with Gasteiger partial charge in [0.05, 0.1) is 48.6 Å². The molecule has 0 amide bonds. The van der Waals surface area contributed by atoms with E-state index in [9.17, 15) is 9.59 Å². The van der Waals surface area contributed by atoms with Crippen LogP contribution < -0.4 is 33.8 Å².